The summed E-state index contributed by atoms with van der Waals surface area (Å²) >= 11 is 1.27. The van der Waals surface area contributed by atoms with E-state index in [2.05, 4.69) is 15.2 Å². The maximum absolute atomic E-state index is 11.0. The maximum atomic E-state index is 11.0. The highest BCUT2D eigenvalue weighted by atomic mass is 32.2. The number of H-pyrrole nitrogens is 1. The number of ether oxygens (including phenoxy) is 1. The van der Waals surface area contributed by atoms with Crippen LogP contribution in [0.5, 0.6) is 0 Å². The second kappa shape index (κ2) is 3.25. The van der Waals surface area contributed by atoms with Crippen LogP contribution in [0, 0.1) is 0 Å². The molecule has 3 N–H and O–H groups in total. The van der Waals surface area contributed by atoms with Crippen LogP contribution in [0.25, 0.3) is 0 Å². The Labute approximate surface area is 78.2 Å². The van der Waals surface area contributed by atoms with Crippen molar-refractivity contribution in [3.05, 3.63) is 0 Å². The molecule has 6 nitrogen and oxygen atoms in total. The average molecular weight is 200 g/mol. The number of aromatic nitrogens is 3. The number of nitrogens with two attached hydrogens (primary N) is 1. The quantitative estimate of drug-likeness (QED) is 0.642. The number of thioether (sulfide) groups is 1. The molecule has 0 bridgehead atoms. The Hall–Kier alpha value is -1.24. The summed E-state index contributed by atoms with van der Waals surface area (Å²) < 4.78 is 4.79. The van der Waals surface area contributed by atoms with Crippen LogP contribution in [0.3, 0.4) is 0 Å². The summed E-state index contributed by atoms with van der Waals surface area (Å²) in [6, 6.07) is 0. The fourth-order valence-electron chi connectivity index (χ4n) is 1.02. The zero-order valence-corrected chi connectivity index (χ0v) is 7.50. The monoisotopic (exact) mass is 200 g/mol. The topological polar surface area (TPSA) is 93.9 Å². The van der Waals surface area contributed by atoms with Gasteiger partial charge in [0.25, 0.3) is 0 Å². The van der Waals surface area contributed by atoms with Gasteiger partial charge in [0.15, 0.2) is 0 Å². The van der Waals surface area contributed by atoms with E-state index in [1.54, 1.807) is 0 Å². The van der Waals surface area contributed by atoms with E-state index in [1.807, 2.05) is 0 Å². The number of cyclic esters (lactones) is 1. The van der Waals surface area contributed by atoms with Gasteiger partial charge in [-0.15, -0.1) is 5.10 Å². The molecular weight excluding hydrogens is 192 g/mol. The minimum Gasteiger partial charge on any atom is -0.465 e. The van der Waals surface area contributed by atoms with E-state index in [4.69, 9.17) is 10.5 Å². The number of rotatable bonds is 2. The molecule has 13 heavy (non-hydrogen) atoms. The summed E-state index contributed by atoms with van der Waals surface area (Å²) in [6.07, 6.45) is 0.706. The number of carbonyl (C=O) groups is 1. The van der Waals surface area contributed by atoms with Crippen LogP contribution in [0.1, 0.15) is 6.42 Å². The number of hydrogen-bond acceptors (Lipinski definition) is 6. The minimum absolute atomic E-state index is 0.185. The van der Waals surface area contributed by atoms with Gasteiger partial charge in [-0.3, -0.25) is 4.79 Å². The van der Waals surface area contributed by atoms with E-state index in [1.165, 1.54) is 11.8 Å². The van der Waals surface area contributed by atoms with Crippen LogP contribution >= 0.6 is 11.8 Å². The summed E-state index contributed by atoms with van der Waals surface area (Å²) in [5.74, 6) is 0.0576. The molecule has 1 aliphatic rings. The van der Waals surface area contributed by atoms with Gasteiger partial charge in [-0.25, -0.2) is 5.10 Å². The molecule has 0 spiro atoms. The van der Waals surface area contributed by atoms with Crippen molar-refractivity contribution in [3.63, 3.8) is 0 Å². The molecule has 7 heteroatoms. The lowest BCUT2D eigenvalue weighted by molar-refractivity contribution is -0.137. The molecule has 0 amide bonds. The number of esters is 1. The summed E-state index contributed by atoms with van der Waals surface area (Å²) in [6.45, 7) is 0.483. The number of nitrogens with zero attached hydrogens (tertiary/aromatic N) is 2. The molecule has 2 heterocycles. The largest absolute Gasteiger partial charge is 0.465 e. The molecule has 1 atom stereocenters. The number of anilines is 1. The van der Waals surface area contributed by atoms with Gasteiger partial charge in [0, 0.05) is 6.42 Å². The van der Waals surface area contributed by atoms with Gasteiger partial charge in [0.05, 0.1) is 6.61 Å². The first-order valence-electron chi connectivity index (χ1n) is 3.77. The Morgan fingerprint density at radius 2 is 2.54 bits per heavy atom. The fraction of sp³-hybridized carbons (Fsp3) is 0.500. The fourth-order valence-corrected chi connectivity index (χ4v) is 1.90. The van der Waals surface area contributed by atoms with Gasteiger partial charge in [-0.1, -0.05) is 11.8 Å². The lowest BCUT2D eigenvalue weighted by Crippen LogP contribution is -2.09. The highest BCUT2D eigenvalue weighted by Gasteiger charge is 2.28. The number of aromatic amines is 1. The first-order chi connectivity index (χ1) is 6.25. The van der Waals surface area contributed by atoms with Gasteiger partial charge in [0.2, 0.25) is 11.1 Å². The van der Waals surface area contributed by atoms with Crippen molar-refractivity contribution >= 4 is 23.7 Å². The SMILES string of the molecule is Nc1nc(SC2CCOC2=O)n[nH]1. The number of hydrogen-bond donors (Lipinski definition) is 2. The molecule has 1 saturated heterocycles. The Kier molecular flexibility index (Phi) is 2.09. The number of carbonyl (C=O) groups excluding carboxylic acids is 1. The van der Waals surface area contributed by atoms with E-state index in [0.29, 0.717) is 18.2 Å². The van der Waals surface area contributed by atoms with Crippen LogP contribution in [-0.2, 0) is 9.53 Å². The van der Waals surface area contributed by atoms with Gasteiger partial charge in [0.1, 0.15) is 5.25 Å². The molecule has 70 valence electrons. The molecule has 1 aliphatic heterocycles. The van der Waals surface area contributed by atoms with Crippen molar-refractivity contribution < 1.29 is 9.53 Å². The first kappa shape index (κ1) is 8.36. The Morgan fingerprint density at radius 3 is 3.08 bits per heavy atom. The zero-order valence-electron chi connectivity index (χ0n) is 6.69. The normalized spacial score (nSPS) is 21.8. The molecule has 2 rings (SSSR count). The molecule has 0 aliphatic carbocycles. The summed E-state index contributed by atoms with van der Waals surface area (Å²) in [4.78, 5) is 14.9. The summed E-state index contributed by atoms with van der Waals surface area (Å²) in [5, 5.41) is 6.61. The highest BCUT2D eigenvalue weighted by molar-refractivity contribution is 8.00. The predicted octanol–water partition coefficient (Wildman–Crippen LogP) is -0.206. The standard InChI is InChI=1S/C6H8N4O2S/c7-5-8-6(10-9-5)13-3-1-2-12-4(3)11/h3H,1-2H2,(H3,7,8,9,10). The van der Waals surface area contributed by atoms with Gasteiger partial charge in [-0.2, -0.15) is 4.98 Å². The van der Waals surface area contributed by atoms with Crippen molar-refractivity contribution in [2.75, 3.05) is 12.3 Å². The molecular formula is C6H8N4O2S. The Bertz CT molecular complexity index is 326. The maximum Gasteiger partial charge on any atom is 0.319 e. The third-order valence-corrected chi connectivity index (χ3v) is 2.72. The van der Waals surface area contributed by atoms with E-state index in [-0.39, 0.29) is 17.2 Å². The van der Waals surface area contributed by atoms with Crippen molar-refractivity contribution in [2.24, 2.45) is 0 Å². The zero-order chi connectivity index (χ0) is 9.26. The van der Waals surface area contributed by atoms with Crippen LogP contribution in [-0.4, -0.2) is 33.0 Å². The van der Waals surface area contributed by atoms with Gasteiger partial charge in [-0.05, 0) is 0 Å². The lowest BCUT2D eigenvalue weighted by atomic mass is 10.4. The van der Waals surface area contributed by atoms with Crippen LogP contribution in [0.4, 0.5) is 5.95 Å². The van der Waals surface area contributed by atoms with Gasteiger partial charge >= 0.3 is 5.97 Å². The van der Waals surface area contributed by atoms with E-state index in [9.17, 15) is 4.79 Å². The van der Waals surface area contributed by atoms with Crippen LogP contribution < -0.4 is 5.73 Å². The summed E-state index contributed by atoms with van der Waals surface area (Å²) in [7, 11) is 0. The second-order valence-corrected chi connectivity index (χ2v) is 3.74. The molecule has 1 fully saturated rings. The molecule has 0 saturated carbocycles. The van der Waals surface area contributed by atoms with Crippen molar-refractivity contribution in [1.82, 2.24) is 15.2 Å². The molecule has 0 aromatic carbocycles. The second-order valence-electron chi connectivity index (χ2n) is 2.57. The summed E-state index contributed by atoms with van der Waals surface area (Å²) in [5.41, 5.74) is 5.33. The first-order valence-corrected chi connectivity index (χ1v) is 4.65. The van der Waals surface area contributed by atoms with Crippen molar-refractivity contribution in [2.45, 2.75) is 16.8 Å². The molecule has 1 unspecified atom stereocenters. The van der Waals surface area contributed by atoms with Crippen LogP contribution in [0.15, 0.2) is 5.16 Å². The molecule has 1 aromatic rings. The van der Waals surface area contributed by atoms with E-state index >= 15 is 0 Å². The Balaban J connectivity index is 2.01. The van der Waals surface area contributed by atoms with Crippen molar-refractivity contribution in [3.8, 4) is 0 Å². The van der Waals surface area contributed by atoms with E-state index in [0.717, 1.165) is 0 Å². The third-order valence-electron chi connectivity index (χ3n) is 1.62. The van der Waals surface area contributed by atoms with Gasteiger partial charge < -0.3 is 10.5 Å². The molecule has 1 aromatic heterocycles. The Morgan fingerprint density at radius 1 is 1.69 bits per heavy atom. The third kappa shape index (κ3) is 1.74. The minimum atomic E-state index is -0.201. The average Bonchev–Trinajstić information content (AvgIpc) is 2.64. The molecule has 0 radical (unpaired) electrons. The van der Waals surface area contributed by atoms with Crippen LogP contribution in [0.2, 0.25) is 0 Å². The number of nitrogen functional groups attached to an aromatic ring is 1. The lowest BCUT2D eigenvalue weighted by Gasteiger charge is -1.98. The highest BCUT2D eigenvalue weighted by Crippen LogP contribution is 2.26. The smallest absolute Gasteiger partial charge is 0.319 e. The number of nitrogens with one attached hydrogen (secondary N) is 1. The predicted molar refractivity (Wildman–Crippen MR) is 46.0 cm³/mol. The van der Waals surface area contributed by atoms with Crippen molar-refractivity contribution in [1.29, 1.82) is 0 Å². The van der Waals surface area contributed by atoms with E-state index < -0.39 is 0 Å².